The maximum atomic E-state index is 13.4. The van der Waals surface area contributed by atoms with E-state index in [0.717, 1.165) is 28.2 Å². The van der Waals surface area contributed by atoms with Crippen LogP contribution in [0.5, 0.6) is 0 Å². The van der Waals surface area contributed by atoms with E-state index in [1.54, 1.807) is 6.07 Å². The fraction of sp³-hybridized carbons (Fsp3) is 0.200. The lowest BCUT2D eigenvalue weighted by Crippen LogP contribution is -2.16. The van der Waals surface area contributed by atoms with Gasteiger partial charge in [0.1, 0.15) is 5.82 Å². The van der Waals surface area contributed by atoms with E-state index in [4.69, 9.17) is 0 Å². The first-order valence-electron chi connectivity index (χ1n) is 8.12. The quantitative estimate of drug-likeness (QED) is 0.778. The second-order valence-electron chi connectivity index (χ2n) is 6.08. The van der Waals surface area contributed by atoms with E-state index in [1.807, 2.05) is 55.8 Å². The molecule has 5 heteroatoms. The van der Waals surface area contributed by atoms with Gasteiger partial charge >= 0.3 is 0 Å². The Bertz CT molecular complexity index is 916. The van der Waals surface area contributed by atoms with Crippen molar-refractivity contribution in [3.8, 4) is 5.69 Å². The van der Waals surface area contributed by atoms with Crippen molar-refractivity contribution >= 4 is 11.6 Å². The number of hydrogen-bond donors (Lipinski definition) is 1. The number of aryl methyl sites for hydroxylation is 2. The summed E-state index contributed by atoms with van der Waals surface area (Å²) >= 11 is 0. The van der Waals surface area contributed by atoms with Gasteiger partial charge in [0.25, 0.3) is 0 Å². The average molecular weight is 337 g/mol. The summed E-state index contributed by atoms with van der Waals surface area (Å²) in [6, 6.07) is 14.2. The first-order chi connectivity index (χ1) is 12.0. The SMILES string of the molecule is Cc1ccc(F)cc1NC(=O)Cc1c(C)nn(-c2ccccc2)c1C. The van der Waals surface area contributed by atoms with Gasteiger partial charge < -0.3 is 5.32 Å². The normalized spacial score (nSPS) is 10.7. The minimum Gasteiger partial charge on any atom is -0.325 e. The van der Waals surface area contributed by atoms with Gasteiger partial charge in [-0.2, -0.15) is 5.10 Å². The molecule has 0 spiro atoms. The van der Waals surface area contributed by atoms with Crippen molar-refractivity contribution in [2.24, 2.45) is 0 Å². The molecule has 3 aromatic rings. The van der Waals surface area contributed by atoms with Crippen LogP contribution in [0.15, 0.2) is 48.5 Å². The topological polar surface area (TPSA) is 46.9 Å². The van der Waals surface area contributed by atoms with Crippen LogP contribution in [-0.4, -0.2) is 15.7 Å². The minimum atomic E-state index is -0.370. The van der Waals surface area contributed by atoms with Crippen LogP contribution < -0.4 is 5.32 Å². The molecule has 0 saturated heterocycles. The molecule has 1 heterocycles. The second kappa shape index (κ2) is 6.89. The maximum absolute atomic E-state index is 13.4. The van der Waals surface area contributed by atoms with Gasteiger partial charge in [0.05, 0.1) is 17.8 Å². The van der Waals surface area contributed by atoms with E-state index in [0.29, 0.717) is 5.69 Å². The summed E-state index contributed by atoms with van der Waals surface area (Å²) in [7, 11) is 0. The molecule has 4 nitrogen and oxygen atoms in total. The van der Waals surface area contributed by atoms with Crippen LogP contribution in [-0.2, 0) is 11.2 Å². The molecule has 0 bridgehead atoms. The van der Waals surface area contributed by atoms with Crippen molar-refractivity contribution in [2.75, 3.05) is 5.32 Å². The molecule has 0 aliphatic carbocycles. The molecule has 1 amide bonds. The molecule has 0 unspecified atom stereocenters. The predicted octanol–water partition coefficient (Wildman–Crippen LogP) is 4.12. The van der Waals surface area contributed by atoms with Crippen molar-refractivity contribution in [1.82, 2.24) is 9.78 Å². The molecular formula is C20H20FN3O. The third kappa shape index (κ3) is 3.60. The molecule has 0 fully saturated rings. The van der Waals surface area contributed by atoms with E-state index in [2.05, 4.69) is 10.4 Å². The fourth-order valence-corrected chi connectivity index (χ4v) is 2.84. The van der Waals surface area contributed by atoms with Crippen molar-refractivity contribution in [3.63, 3.8) is 0 Å². The first-order valence-corrected chi connectivity index (χ1v) is 8.12. The average Bonchev–Trinajstić information content (AvgIpc) is 2.87. The smallest absolute Gasteiger partial charge is 0.228 e. The van der Waals surface area contributed by atoms with Crippen LogP contribution in [0.4, 0.5) is 10.1 Å². The van der Waals surface area contributed by atoms with Gasteiger partial charge in [-0.1, -0.05) is 24.3 Å². The minimum absolute atomic E-state index is 0.187. The third-order valence-electron chi connectivity index (χ3n) is 4.25. The van der Waals surface area contributed by atoms with Gasteiger partial charge in [0.2, 0.25) is 5.91 Å². The fourth-order valence-electron chi connectivity index (χ4n) is 2.84. The third-order valence-corrected chi connectivity index (χ3v) is 4.25. The van der Waals surface area contributed by atoms with Crippen LogP contribution in [0, 0.1) is 26.6 Å². The highest BCUT2D eigenvalue weighted by molar-refractivity contribution is 5.93. The van der Waals surface area contributed by atoms with Crippen molar-refractivity contribution in [1.29, 1.82) is 0 Å². The molecule has 0 atom stereocenters. The molecule has 1 aromatic heterocycles. The summed E-state index contributed by atoms with van der Waals surface area (Å²) < 4.78 is 15.2. The highest BCUT2D eigenvalue weighted by Crippen LogP contribution is 2.20. The van der Waals surface area contributed by atoms with E-state index < -0.39 is 0 Å². The number of carbonyl (C=O) groups is 1. The lowest BCUT2D eigenvalue weighted by atomic mass is 10.1. The Balaban J connectivity index is 1.82. The Labute approximate surface area is 146 Å². The van der Waals surface area contributed by atoms with Gasteiger partial charge in [-0.3, -0.25) is 4.79 Å². The van der Waals surface area contributed by atoms with E-state index in [9.17, 15) is 9.18 Å². The molecule has 0 aliphatic heterocycles. The molecule has 0 aliphatic rings. The lowest BCUT2D eigenvalue weighted by Gasteiger charge is -2.09. The van der Waals surface area contributed by atoms with Crippen molar-refractivity contribution < 1.29 is 9.18 Å². The van der Waals surface area contributed by atoms with Gasteiger partial charge in [-0.05, 0) is 50.6 Å². The molecule has 25 heavy (non-hydrogen) atoms. The summed E-state index contributed by atoms with van der Waals surface area (Å²) in [6.45, 7) is 5.67. The summed E-state index contributed by atoms with van der Waals surface area (Å²) in [5.74, 6) is -0.558. The predicted molar refractivity (Wildman–Crippen MR) is 96.5 cm³/mol. The Morgan fingerprint density at radius 1 is 1.12 bits per heavy atom. The number of halogens is 1. The number of hydrogen-bond acceptors (Lipinski definition) is 2. The highest BCUT2D eigenvalue weighted by Gasteiger charge is 2.16. The van der Waals surface area contributed by atoms with Gasteiger partial charge in [-0.25, -0.2) is 9.07 Å². The Kier molecular flexibility index (Phi) is 4.65. The number of para-hydroxylation sites is 1. The number of nitrogens with zero attached hydrogens (tertiary/aromatic N) is 2. The molecular weight excluding hydrogens is 317 g/mol. The molecule has 0 radical (unpaired) electrons. The number of anilines is 1. The molecule has 128 valence electrons. The zero-order chi connectivity index (χ0) is 18.0. The maximum Gasteiger partial charge on any atom is 0.228 e. The molecule has 3 rings (SSSR count). The summed E-state index contributed by atoms with van der Waals surface area (Å²) in [5.41, 5.74) is 4.90. The van der Waals surface area contributed by atoms with Crippen molar-refractivity contribution in [3.05, 3.63) is 76.9 Å². The number of amides is 1. The number of benzene rings is 2. The largest absolute Gasteiger partial charge is 0.325 e. The summed E-state index contributed by atoms with van der Waals surface area (Å²) in [6.07, 6.45) is 0.195. The number of carbonyl (C=O) groups excluding carboxylic acids is 1. The second-order valence-corrected chi connectivity index (χ2v) is 6.08. The van der Waals surface area contributed by atoms with Crippen LogP contribution in [0.3, 0.4) is 0 Å². The number of rotatable bonds is 4. The van der Waals surface area contributed by atoms with Crippen LogP contribution in [0.1, 0.15) is 22.5 Å². The van der Waals surface area contributed by atoms with Crippen LogP contribution in [0.25, 0.3) is 5.69 Å². The van der Waals surface area contributed by atoms with Gasteiger partial charge in [0.15, 0.2) is 0 Å². The monoisotopic (exact) mass is 337 g/mol. The van der Waals surface area contributed by atoms with Crippen molar-refractivity contribution in [2.45, 2.75) is 27.2 Å². The van der Waals surface area contributed by atoms with E-state index in [-0.39, 0.29) is 18.1 Å². The van der Waals surface area contributed by atoms with Crippen LogP contribution in [0.2, 0.25) is 0 Å². The Hall–Kier alpha value is -2.95. The van der Waals surface area contributed by atoms with E-state index in [1.165, 1.54) is 12.1 Å². The number of aromatic nitrogens is 2. The highest BCUT2D eigenvalue weighted by atomic mass is 19.1. The number of nitrogens with one attached hydrogen (secondary N) is 1. The molecule has 1 N–H and O–H groups in total. The van der Waals surface area contributed by atoms with Gasteiger partial charge in [0, 0.05) is 16.9 Å². The zero-order valence-corrected chi connectivity index (χ0v) is 14.5. The Morgan fingerprint density at radius 2 is 1.84 bits per heavy atom. The zero-order valence-electron chi connectivity index (χ0n) is 14.5. The van der Waals surface area contributed by atoms with Crippen LogP contribution >= 0.6 is 0 Å². The molecule has 0 saturated carbocycles. The molecule has 2 aromatic carbocycles. The summed E-state index contributed by atoms with van der Waals surface area (Å²) in [5, 5.41) is 7.34. The standard InChI is InChI=1S/C20H20FN3O/c1-13-9-10-16(21)11-19(13)22-20(25)12-18-14(2)23-24(15(18)3)17-7-5-4-6-8-17/h4-11H,12H2,1-3H3,(H,22,25). The summed E-state index contributed by atoms with van der Waals surface area (Å²) in [4.78, 5) is 12.4. The first kappa shape index (κ1) is 16.9. The Morgan fingerprint density at radius 3 is 2.56 bits per heavy atom. The van der Waals surface area contributed by atoms with Gasteiger partial charge in [-0.15, -0.1) is 0 Å². The van der Waals surface area contributed by atoms with E-state index >= 15 is 0 Å². The lowest BCUT2D eigenvalue weighted by molar-refractivity contribution is -0.115.